The number of hydrogen-bond donors (Lipinski definition) is 0. The van der Waals surface area contributed by atoms with E-state index >= 15 is 0 Å². The molecule has 0 aromatic heterocycles. The third-order valence-electron chi connectivity index (χ3n) is 13.5. The molecule has 58 heavy (non-hydrogen) atoms. The Bertz CT molecular complexity index is 2900. The molecule has 7 aromatic carbocycles. The number of fused-ring (bicyclic) bond motifs is 13. The molecule has 0 bridgehead atoms. The number of halogens is 3. The summed E-state index contributed by atoms with van der Waals surface area (Å²) >= 11 is 0. The highest BCUT2D eigenvalue weighted by atomic mass is 19.4. The zero-order chi connectivity index (χ0) is 39.8. The first-order valence-electron chi connectivity index (χ1n) is 20.2. The van der Waals surface area contributed by atoms with Gasteiger partial charge in [0.05, 0.1) is 18.8 Å². The van der Waals surface area contributed by atoms with Crippen LogP contribution in [-0.2, 0) is 27.3 Å². The lowest BCUT2D eigenvalue weighted by Crippen LogP contribution is -2.37. The molecule has 1 unspecified atom stereocenters. The molecular formula is C52H42F3NO2. The number of alkyl halides is 3. The van der Waals surface area contributed by atoms with Crippen LogP contribution in [-0.4, -0.2) is 26.3 Å². The van der Waals surface area contributed by atoms with Gasteiger partial charge in [-0.2, -0.15) is 13.2 Å². The van der Waals surface area contributed by atoms with Crippen LogP contribution in [0.4, 0.5) is 18.9 Å². The van der Waals surface area contributed by atoms with E-state index in [4.69, 9.17) is 9.47 Å². The Morgan fingerprint density at radius 3 is 2.00 bits per heavy atom. The fourth-order valence-electron chi connectivity index (χ4n) is 10.7. The number of morpholine rings is 1. The minimum atomic E-state index is -4.44. The standard InChI is InChI=1S/C52H42F3NO2/c1-49(2)43-29-33(16-21-37(43)39-20-13-31-9-5-6-10-36(31)46(39)49)51(32-14-18-35(19-15-32)56-25-27-57-28-26-56)24-23-42-47-45(38-11-7-8-12-40(38)48(42)58-51)41-22-17-34(52(53,54)55)30-44(41)50(47,3)4/h5-24,29-30H,25-28H2,1-4H3. The van der Waals surface area contributed by atoms with Crippen LogP contribution >= 0.6 is 0 Å². The smallest absolute Gasteiger partial charge is 0.416 e. The number of anilines is 1. The first-order chi connectivity index (χ1) is 27.9. The average molecular weight is 770 g/mol. The van der Waals surface area contributed by atoms with Gasteiger partial charge in [0.2, 0.25) is 0 Å². The molecule has 2 aliphatic heterocycles. The van der Waals surface area contributed by atoms with E-state index in [-0.39, 0.29) is 5.41 Å². The van der Waals surface area contributed by atoms with E-state index in [1.807, 2.05) is 26.0 Å². The van der Waals surface area contributed by atoms with Crippen molar-refractivity contribution in [1.29, 1.82) is 0 Å². The topological polar surface area (TPSA) is 21.7 Å². The van der Waals surface area contributed by atoms with Crippen LogP contribution in [0.1, 0.15) is 72.2 Å². The van der Waals surface area contributed by atoms with Crippen molar-refractivity contribution in [3.8, 4) is 28.0 Å². The van der Waals surface area contributed by atoms with E-state index in [2.05, 4.69) is 122 Å². The van der Waals surface area contributed by atoms with Crippen molar-refractivity contribution in [1.82, 2.24) is 0 Å². The highest BCUT2D eigenvalue weighted by Gasteiger charge is 2.46. The lowest BCUT2D eigenvalue weighted by atomic mass is 9.75. The van der Waals surface area contributed by atoms with Crippen molar-refractivity contribution in [2.24, 2.45) is 0 Å². The second kappa shape index (κ2) is 12.1. The molecule has 1 atom stereocenters. The van der Waals surface area contributed by atoms with Gasteiger partial charge in [-0.15, -0.1) is 0 Å². The molecule has 0 spiro atoms. The molecular weight excluding hydrogens is 728 g/mol. The summed E-state index contributed by atoms with van der Waals surface area (Å²) in [4.78, 5) is 2.35. The molecule has 0 radical (unpaired) electrons. The Hall–Kier alpha value is -5.85. The van der Waals surface area contributed by atoms with Crippen LogP contribution in [0.15, 0.2) is 127 Å². The monoisotopic (exact) mass is 769 g/mol. The predicted octanol–water partition coefficient (Wildman–Crippen LogP) is 12.8. The van der Waals surface area contributed by atoms with Crippen molar-refractivity contribution in [2.75, 3.05) is 31.2 Å². The van der Waals surface area contributed by atoms with Gasteiger partial charge in [-0.25, -0.2) is 0 Å². The molecule has 2 aliphatic carbocycles. The molecule has 6 heteroatoms. The number of benzene rings is 7. The summed E-state index contributed by atoms with van der Waals surface area (Å²) in [6, 6.07) is 41.1. The van der Waals surface area contributed by atoms with E-state index in [1.54, 1.807) is 6.07 Å². The van der Waals surface area contributed by atoms with E-state index < -0.39 is 22.8 Å². The predicted molar refractivity (Wildman–Crippen MR) is 228 cm³/mol. The Balaban J connectivity index is 1.13. The summed E-state index contributed by atoms with van der Waals surface area (Å²) in [5, 5.41) is 4.39. The zero-order valence-corrected chi connectivity index (χ0v) is 32.9. The summed E-state index contributed by atoms with van der Waals surface area (Å²) in [5.41, 5.74) is 9.95. The first kappa shape index (κ1) is 35.3. The number of rotatable bonds is 3. The van der Waals surface area contributed by atoms with Crippen LogP contribution in [0.3, 0.4) is 0 Å². The lowest BCUT2D eigenvalue weighted by molar-refractivity contribution is -0.137. The molecule has 1 saturated heterocycles. The van der Waals surface area contributed by atoms with E-state index in [9.17, 15) is 13.2 Å². The van der Waals surface area contributed by atoms with Gasteiger partial charge in [0.1, 0.15) is 5.75 Å². The number of ether oxygens (including phenoxy) is 2. The van der Waals surface area contributed by atoms with Gasteiger partial charge in [0, 0.05) is 51.7 Å². The third-order valence-corrected chi connectivity index (χ3v) is 13.5. The van der Waals surface area contributed by atoms with E-state index in [0.29, 0.717) is 18.8 Å². The molecule has 0 N–H and O–H groups in total. The zero-order valence-electron chi connectivity index (χ0n) is 32.9. The summed E-state index contributed by atoms with van der Waals surface area (Å²) in [6.07, 6.45) is -0.0836. The van der Waals surface area contributed by atoms with Crippen molar-refractivity contribution in [3.05, 3.63) is 172 Å². The maximum atomic E-state index is 14.1. The molecule has 288 valence electrons. The fourth-order valence-corrected chi connectivity index (χ4v) is 10.7. The van der Waals surface area contributed by atoms with Crippen molar-refractivity contribution >= 4 is 33.3 Å². The maximum Gasteiger partial charge on any atom is 0.416 e. The van der Waals surface area contributed by atoms with Crippen LogP contribution in [0.5, 0.6) is 5.75 Å². The minimum Gasteiger partial charge on any atom is -0.472 e. The quantitative estimate of drug-likeness (QED) is 0.179. The van der Waals surface area contributed by atoms with Crippen LogP contribution in [0.25, 0.3) is 49.9 Å². The number of hydrogen-bond acceptors (Lipinski definition) is 3. The van der Waals surface area contributed by atoms with Gasteiger partial charge in [-0.1, -0.05) is 125 Å². The highest BCUT2D eigenvalue weighted by molar-refractivity contribution is 6.08. The summed E-state index contributed by atoms with van der Waals surface area (Å²) in [5.74, 6) is 0.736. The highest BCUT2D eigenvalue weighted by Crippen LogP contribution is 2.59. The Kier molecular flexibility index (Phi) is 7.36. The summed E-state index contributed by atoms with van der Waals surface area (Å²) < 4.78 is 55.7. The molecule has 7 aromatic rings. The van der Waals surface area contributed by atoms with Gasteiger partial charge in [-0.3, -0.25) is 0 Å². The second-order valence-electron chi connectivity index (χ2n) is 17.3. The fraction of sp³-hybridized carbons (Fsp3) is 0.231. The second-order valence-corrected chi connectivity index (χ2v) is 17.3. The van der Waals surface area contributed by atoms with Gasteiger partial charge in [-0.05, 0) is 97.1 Å². The Morgan fingerprint density at radius 1 is 0.603 bits per heavy atom. The van der Waals surface area contributed by atoms with Gasteiger partial charge in [0.15, 0.2) is 5.60 Å². The van der Waals surface area contributed by atoms with Crippen molar-refractivity contribution in [3.63, 3.8) is 0 Å². The molecule has 1 fully saturated rings. The molecule has 0 amide bonds. The first-order valence-corrected chi connectivity index (χ1v) is 20.2. The third kappa shape index (κ3) is 4.84. The molecule has 2 heterocycles. The molecule has 0 saturated carbocycles. The molecule has 11 rings (SSSR count). The maximum absolute atomic E-state index is 14.1. The van der Waals surface area contributed by atoms with Gasteiger partial charge in [0.25, 0.3) is 0 Å². The SMILES string of the molecule is CC1(C)c2cc(C(F)(F)F)ccc2-c2c1c1c(c3ccccc23)OC(c2ccc(N3CCOCC3)cc2)(c2ccc3c(c2)C(C)(C)c2c-3ccc3ccccc23)C=C1. The van der Waals surface area contributed by atoms with Crippen LogP contribution < -0.4 is 9.64 Å². The van der Waals surface area contributed by atoms with Gasteiger partial charge >= 0.3 is 6.18 Å². The van der Waals surface area contributed by atoms with Crippen LogP contribution in [0, 0.1) is 0 Å². The Labute approximate surface area is 336 Å². The lowest BCUT2D eigenvalue weighted by Gasteiger charge is -2.39. The van der Waals surface area contributed by atoms with Crippen molar-refractivity contribution in [2.45, 2.75) is 50.3 Å². The average Bonchev–Trinajstić information content (AvgIpc) is 3.63. The summed E-state index contributed by atoms with van der Waals surface area (Å²) in [6.45, 7) is 11.8. The molecule has 4 aliphatic rings. The van der Waals surface area contributed by atoms with E-state index in [1.165, 1.54) is 45.2 Å². The molecule has 3 nitrogen and oxygen atoms in total. The summed E-state index contributed by atoms with van der Waals surface area (Å²) in [7, 11) is 0. The van der Waals surface area contributed by atoms with Crippen molar-refractivity contribution < 1.29 is 22.6 Å². The largest absolute Gasteiger partial charge is 0.472 e. The normalized spacial score (nSPS) is 19.7. The Morgan fingerprint density at radius 2 is 1.24 bits per heavy atom. The number of nitrogens with zero attached hydrogens (tertiary/aromatic N) is 1. The van der Waals surface area contributed by atoms with Gasteiger partial charge < -0.3 is 14.4 Å². The van der Waals surface area contributed by atoms with Crippen LogP contribution in [0.2, 0.25) is 0 Å². The minimum absolute atomic E-state index is 0.280. The van der Waals surface area contributed by atoms with E-state index in [0.717, 1.165) is 68.7 Å².